The molecule has 0 amide bonds. The van der Waals surface area contributed by atoms with Crippen LogP contribution < -0.4 is 68.1 Å². The lowest BCUT2D eigenvalue weighted by molar-refractivity contribution is -0.670. The zero-order chi connectivity index (χ0) is 13.0. The summed E-state index contributed by atoms with van der Waals surface area (Å²) in [5.41, 5.74) is 7.57. The first-order chi connectivity index (χ1) is 8.63. The number of hydrogen-bond acceptors (Lipinski definition) is 1. The van der Waals surface area contributed by atoms with Crippen LogP contribution in [0.15, 0.2) is 54.0 Å². The van der Waals surface area contributed by atoms with Crippen molar-refractivity contribution in [1.82, 2.24) is 0 Å². The number of halogens is 2. The van der Waals surface area contributed by atoms with E-state index in [2.05, 4.69) is 10.3 Å². The molecule has 0 atom stereocenters. The maximum atomic E-state index is 5.86. The predicted octanol–water partition coefficient (Wildman–Crippen LogP) is -5.60. The molecule has 0 aromatic carbocycles. The van der Waals surface area contributed by atoms with Crippen molar-refractivity contribution < 1.29 is 57.1 Å². The molecule has 108 valence electrons. The fourth-order valence-corrected chi connectivity index (χ4v) is 1.61. The molecule has 2 rings (SSSR count). The van der Waals surface area contributed by atoms with Gasteiger partial charge in [-0.1, -0.05) is 0 Å². The van der Waals surface area contributed by atoms with Crippen molar-refractivity contribution in [2.24, 2.45) is 24.8 Å². The first kappa shape index (κ1) is 19.0. The molecule has 0 aliphatic carbocycles. The third kappa shape index (κ3) is 5.99. The van der Waals surface area contributed by atoms with Gasteiger partial charge in [-0.2, -0.15) is 0 Å². The first-order valence-electron chi connectivity index (χ1n) is 5.65. The van der Waals surface area contributed by atoms with E-state index in [-0.39, 0.29) is 48.0 Å². The van der Waals surface area contributed by atoms with Gasteiger partial charge in [-0.15, -0.1) is 0 Å². The quantitative estimate of drug-likeness (QED) is 0.188. The average molecular weight is 497 g/mol. The van der Waals surface area contributed by atoms with E-state index in [1.165, 1.54) is 0 Å². The Kier molecular flexibility index (Phi) is 8.62. The van der Waals surface area contributed by atoms with E-state index in [4.69, 9.17) is 5.73 Å². The number of nitrogens with two attached hydrogens (primary N) is 1. The van der Waals surface area contributed by atoms with Crippen molar-refractivity contribution in [2.75, 3.05) is 5.32 Å². The highest BCUT2D eigenvalue weighted by Crippen LogP contribution is 2.07. The lowest BCUT2D eigenvalue weighted by Crippen LogP contribution is -3.00. The smallest absolute Gasteiger partial charge is 0.198 e. The highest BCUT2D eigenvalue weighted by Gasteiger charge is 2.01. The summed E-state index contributed by atoms with van der Waals surface area (Å²) in [7, 11) is 3.90. The minimum absolute atomic E-state index is 0. The fourth-order valence-electron chi connectivity index (χ4n) is 1.61. The molecule has 0 spiro atoms. The molecule has 0 saturated carbocycles. The summed E-state index contributed by atoms with van der Waals surface area (Å²) >= 11 is 0. The number of guanidine groups is 1. The van der Waals surface area contributed by atoms with Crippen LogP contribution in [-0.2, 0) is 14.1 Å². The second-order valence-electron chi connectivity index (χ2n) is 4.11. The molecule has 0 bridgehead atoms. The van der Waals surface area contributed by atoms with Crippen LogP contribution >= 0.6 is 0 Å². The summed E-state index contributed by atoms with van der Waals surface area (Å²) in [5, 5.41) is 3.05. The lowest BCUT2D eigenvalue weighted by atomic mass is 10.4. The second kappa shape index (κ2) is 9.06. The highest BCUT2D eigenvalue weighted by atomic mass is 127. The molecule has 3 N–H and O–H groups in total. The number of nitrogens with zero attached hydrogens (tertiary/aromatic N) is 3. The molecule has 2 aromatic rings. The number of pyridine rings is 2. The predicted molar refractivity (Wildman–Crippen MR) is 70.1 cm³/mol. The molecule has 2 aromatic heterocycles. The van der Waals surface area contributed by atoms with Gasteiger partial charge in [-0.05, 0) is 12.1 Å². The van der Waals surface area contributed by atoms with Gasteiger partial charge >= 0.3 is 0 Å². The van der Waals surface area contributed by atoms with E-state index in [0.717, 1.165) is 11.4 Å². The molecule has 0 aliphatic rings. The minimum Gasteiger partial charge on any atom is -1.00 e. The maximum absolute atomic E-state index is 5.86. The van der Waals surface area contributed by atoms with Gasteiger partial charge in [0.05, 0.1) is 0 Å². The van der Waals surface area contributed by atoms with E-state index >= 15 is 0 Å². The van der Waals surface area contributed by atoms with Gasteiger partial charge in [-0.25, -0.2) is 14.1 Å². The van der Waals surface area contributed by atoms with E-state index < -0.39 is 0 Å². The topological polar surface area (TPSA) is 58.2 Å². The number of anilines is 1. The van der Waals surface area contributed by atoms with Crippen molar-refractivity contribution in [3.8, 4) is 0 Å². The van der Waals surface area contributed by atoms with Crippen LogP contribution in [0.4, 0.5) is 11.4 Å². The molecular formula is C13H17I2N5. The van der Waals surface area contributed by atoms with Gasteiger partial charge in [0.2, 0.25) is 0 Å². The Labute approximate surface area is 153 Å². The van der Waals surface area contributed by atoms with Crippen LogP contribution in [0.3, 0.4) is 0 Å². The average Bonchev–Trinajstić information content (AvgIpc) is 2.28. The number of aromatic nitrogens is 2. The summed E-state index contributed by atoms with van der Waals surface area (Å²) < 4.78 is 3.87. The van der Waals surface area contributed by atoms with Crippen molar-refractivity contribution in [3.63, 3.8) is 0 Å². The number of hydrogen-bond donors (Lipinski definition) is 2. The first-order valence-corrected chi connectivity index (χ1v) is 5.65. The van der Waals surface area contributed by atoms with Gasteiger partial charge in [0.25, 0.3) is 0 Å². The van der Waals surface area contributed by atoms with Crippen LogP contribution in [0.5, 0.6) is 0 Å². The zero-order valence-electron chi connectivity index (χ0n) is 11.3. The molecule has 0 saturated heterocycles. The van der Waals surface area contributed by atoms with Crippen LogP contribution in [0.25, 0.3) is 0 Å². The largest absolute Gasteiger partial charge is 1.00 e. The Morgan fingerprint density at radius 2 is 1.65 bits per heavy atom. The monoisotopic (exact) mass is 497 g/mol. The van der Waals surface area contributed by atoms with Crippen LogP contribution in [0, 0.1) is 0 Å². The Bertz CT molecular complexity index is 586. The van der Waals surface area contributed by atoms with Gasteiger partial charge in [0.1, 0.15) is 25.5 Å². The Morgan fingerprint density at radius 1 is 1.05 bits per heavy atom. The van der Waals surface area contributed by atoms with Crippen molar-refractivity contribution in [1.29, 1.82) is 0 Å². The third-order valence-electron chi connectivity index (χ3n) is 2.39. The summed E-state index contributed by atoms with van der Waals surface area (Å²) in [4.78, 5) is 4.30. The van der Waals surface area contributed by atoms with Crippen molar-refractivity contribution in [2.45, 2.75) is 0 Å². The van der Waals surface area contributed by atoms with Gasteiger partial charge in [0.15, 0.2) is 30.7 Å². The fraction of sp³-hybridized carbons (Fsp3) is 0.154. The number of nitrogens with one attached hydrogen (secondary N) is 1. The standard InChI is InChI=1S/C13H17N5.2HI/c1-17-7-3-5-11(9-17)15-13(14)16-12-6-4-8-18(2)10-12;;/h3-10H,1-2H3,(H3,14,15,16);2*1H/q+2;;/p-2. The number of rotatable bonds is 2. The van der Waals surface area contributed by atoms with Crippen LogP contribution in [0.1, 0.15) is 0 Å². The lowest BCUT2D eigenvalue weighted by Gasteiger charge is -2.03. The molecule has 0 unspecified atom stereocenters. The van der Waals surface area contributed by atoms with Gasteiger partial charge in [0, 0.05) is 12.1 Å². The van der Waals surface area contributed by atoms with E-state index in [1.54, 1.807) is 0 Å². The molecule has 2 heterocycles. The molecule has 5 nitrogen and oxygen atoms in total. The van der Waals surface area contributed by atoms with E-state index in [1.807, 2.05) is 72.3 Å². The molecule has 20 heavy (non-hydrogen) atoms. The van der Waals surface area contributed by atoms with E-state index in [0.29, 0.717) is 5.96 Å². The van der Waals surface area contributed by atoms with Crippen molar-refractivity contribution in [3.05, 3.63) is 49.1 Å². The number of aryl methyl sites for hydroxylation is 2. The zero-order valence-corrected chi connectivity index (χ0v) is 15.6. The summed E-state index contributed by atoms with van der Waals surface area (Å²) in [6.07, 6.45) is 7.74. The van der Waals surface area contributed by atoms with Gasteiger partial charge in [-0.3, -0.25) is 0 Å². The SMILES string of the molecule is C[n+]1cccc(N=C(N)Nc2ccc[n+](C)c2)c1.[I-].[I-]. The van der Waals surface area contributed by atoms with E-state index in [9.17, 15) is 0 Å². The Morgan fingerprint density at radius 3 is 2.25 bits per heavy atom. The molecule has 7 heteroatoms. The Hall–Kier alpha value is -0.970. The van der Waals surface area contributed by atoms with Crippen molar-refractivity contribution >= 4 is 17.3 Å². The third-order valence-corrected chi connectivity index (χ3v) is 2.39. The van der Waals surface area contributed by atoms with Crippen LogP contribution in [0.2, 0.25) is 0 Å². The minimum atomic E-state index is 0. The summed E-state index contributed by atoms with van der Waals surface area (Å²) in [6, 6.07) is 7.71. The maximum Gasteiger partial charge on any atom is 0.198 e. The summed E-state index contributed by atoms with van der Waals surface area (Å²) in [5.74, 6) is 0.368. The summed E-state index contributed by atoms with van der Waals surface area (Å²) in [6.45, 7) is 0. The number of aliphatic imine (C=N–C) groups is 1. The molecule has 0 aliphatic heterocycles. The van der Waals surface area contributed by atoms with Gasteiger partial charge < -0.3 is 59.0 Å². The van der Waals surface area contributed by atoms with Crippen LogP contribution in [-0.4, -0.2) is 5.96 Å². The molecule has 0 fully saturated rings. The normalized spacial score (nSPS) is 10.2. The second-order valence-corrected chi connectivity index (χ2v) is 4.11. The highest BCUT2D eigenvalue weighted by molar-refractivity contribution is 5.93. The Balaban J connectivity index is 0.00000180. The molecular weight excluding hydrogens is 480 g/mol. The molecule has 0 radical (unpaired) electrons.